The van der Waals surface area contributed by atoms with Crippen LogP contribution in [0, 0.1) is 0 Å². The summed E-state index contributed by atoms with van der Waals surface area (Å²) in [5.41, 5.74) is 0. The third-order valence-electron chi connectivity index (χ3n) is 5.59. The molecule has 3 fully saturated rings. The zero-order valence-corrected chi connectivity index (χ0v) is 17.4. The molecule has 0 aliphatic carbocycles. The third-order valence-corrected chi connectivity index (χ3v) is 9.02. The predicted molar refractivity (Wildman–Crippen MR) is 114 cm³/mol. The van der Waals surface area contributed by atoms with Crippen molar-refractivity contribution in [3.63, 3.8) is 0 Å². The Morgan fingerprint density at radius 3 is 2.00 bits per heavy atom. The molecule has 3 saturated heterocycles. The van der Waals surface area contributed by atoms with Gasteiger partial charge in [0.2, 0.25) is 0 Å². The first-order valence-electron chi connectivity index (χ1n) is 9.87. The number of hydrogen-bond acceptors (Lipinski definition) is 6. The monoisotopic (exact) mass is 389 g/mol. The maximum absolute atomic E-state index is 4.46. The van der Waals surface area contributed by atoms with Crippen LogP contribution in [0.2, 0.25) is 0 Å². The fourth-order valence-corrected chi connectivity index (χ4v) is 7.20. The average molecular weight is 390 g/mol. The topological polar surface area (TPSA) is 36.1 Å². The van der Waals surface area contributed by atoms with E-state index in [2.05, 4.69) is 52.1 Å². The predicted octanol–water partition coefficient (Wildman–Crippen LogP) is 2.77. The summed E-state index contributed by atoms with van der Waals surface area (Å²) in [7, 11) is 0. The molecular weight excluding hydrogens is 354 g/mol. The van der Waals surface area contributed by atoms with Crippen LogP contribution in [0.4, 0.5) is 0 Å². The van der Waals surface area contributed by atoms with Crippen LogP contribution in [-0.2, 0) is 0 Å². The summed E-state index contributed by atoms with van der Waals surface area (Å²) >= 11 is 8.91. The van der Waals surface area contributed by atoms with E-state index in [4.69, 9.17) is 0 Å². The number of rotatable bonds is 7. The van der Waals surface area contributed by atoms with Crippen LogP contribution in [0.15, 0.2) is 0 Å². The second-order valence-corrected chi connectivity index (χ2v) is 10.6. The third kappa shape index (κ3) is 6.58. The SMILES string of the molecule is SC[C@H]1CC(SC[C@@H]2CC(SCC3CCCCN3)CCN2)CCN1. The lowest BCUT2D eigenvalue weighted by molar-refractivity contribution is 0.421. The smallest absolute Gasteiger partial charge is 0.0168 e. The van der Waals surface area contributed by atoms with Crippen molar-refractivity contribution in [3.8, 4) is 0 Å². The first kappa shape index (κ1) is 19.7. The standard InChI is InChI=1S/C18H35N3S3/c22-11-15-9-17(4-7-20-15)24-13-16-10-18(5-8-21-16)23-12-14-3-1-2-6-19-14/h14-22H,1-13H2/t14?,15-,16+,17?,18?/m1/s1. The normalized spacial score (nSPS) is 38.1. The van der Waals surface area contributed by atoms with E-state index >= 15 is 0 Å². The summed E-state index contributed by atoms with van der Waals surface area (Å²) in [6.45, 7) is 3.63. The largest absolute Gasteiger partial charge is 0.313 e. The maximum Gasteiger partial charge on any atom is 0.0168 e. The minimum absolute atomic E-state index is 0.630. The van der Waals surface area contributed by atoms with Crippen LogP contribution in [-0.4, -0.2) is 65.5 Å². The molecule has 140 valence electrons. The number of piperidine rings is 3. The fourth-order valence-electron chi connectivity index (χ4n) is 4.07. The lowest BCUT2D eigenvalue weighted by Gasteiger charge is -2.34. The van der Waals surface area contributed by atoms with E-state index in [-0.39, 0.29) is 0 Å². The van der Waals surface area contributed by atoms with E-state index in [9.17, 15) is 0 Å². The summed E-state index contributed by atoms with van der Waals surface area (Å²) in [4.78, 5) is 0. The Kier molecular flexibility index (Phi) is 8.96. The Morgan fingerprint density at radius 2 is 1.33 bits per heavy atom. The van der Waals surface area contributed by atoms with Crippen molar-refractivity contribution in [2.24, 2.45) is 0 Å². The van der Waals surface area contributed by atoms with Gasteiger partial charge in [0.1, 0.15) is 0 Å². The first-order chi connectivity index (χ1) is 11.8. The van der Waals surface area contributed by atoms with Gasteiger partial charge in [-0.1, -0.05) is 6.42 Å². The fraction of sp³-hybridized carbons (Fsp3) is 1.00. The van der Waals surface area contributed by atoms with Crippen molar-refractivity contribution in [1.82, 2.24) is 16.0 Å². The number of hydrogen-bond donors (Lipinski definition) is 4. The van der Waals surface area contributed by atoms with Crippen LogP contribution in [0.1, 0.15) is 44.9 Å². The molecule has 5 atom stereocenters. The molecule has 0 aromatic carbocycles. The van der Waals surface area contributed by atoms with Gasteiger partial charge in [0.25, 0.3) is 0 Å². The highest BCUT2D eigenvalue weighted by molar-refractivity contribution is 8.00. The lowest BCUT2D eigenvalue weighted by atomic mass is 10.1. The van der Waals surface area contributed by atoms with Crippen molar-refractivity contribution in [2.75, 3.05) is 36.9 Å². The van der Waals surface area contributed by atoms with E-state index in [1.54, 1.807) is 0 Å². The summed E-state index contributed by atoms with van der Waals surface area (Å²) in [5.74, 6) is 3.60. The molecule has 0 spiro atoms. The van der Waals surface area contributed by atoms with Crippen molar-refractivity contribution in [1.29, 1.82) is 0 Å². The summed E-state index contributed by atoms with van der Waals surface area (Å²) in [5, 5.41) is 12.8. The minimum Gasteiger partial charge on any atom is -0.313 e. The quantitative estimate of drug-likeness (QED) is 0.504. The zero-order chi connectivity index (χ0) is 16.6. The highest BCUT2D eigenvalue weighted by Gasteiger charge is 2.26. The van der Waals surface area contributed by atoms with Crippen molar-refractivity contribution < 1.29 is 0 Å². The van der Waals surface area contributed by atoms with Crippen LogP contribution in [0.5, 0.6) is 0 Å². The molecule has 3 N–H and O–H groups in total. The van der Waals surface area contributed by atoms with Gasteiger partial charge in [0.15, 0.2) is 0 Å². The second-order valence-electron chi connectivity index (χ2n) is 7.59. The minimum atomic E-state index is 0.630. The van der Waals surface area contributed by atoms with Gasteiger partial charge in [-0.05, 0) is 58.2 Å². The van der Waals surface area contributed by atoms with Gasteiger partial charge in [-0.25, -0.2) is 0 Å². The van der Waals surface area contributed by atoms with Gasteiger partial charge in [-0.15, -0.1) is 0 Å². The zero-order valence-electron chi connectivity index (χ0n) is 14.8. The van der Waals surface area contributed by atoms with Gasteiger partial charge >= 0.3 is 0 Å². The molecule has 0 bridgehead atoms. The highest BCUT2D eigenvalue weighted by Crippen LogP contribution is 2.29. The Hall–Kier alpha value is 0.930. The highest BCUT2D eigenvalue weighted by atomic mass is 32.2. The Bertz CT molecular complexity index is 352. The van der Waals surface area contributed by atoms with Crippen molar-refractivity contribution >= 4 is 36.2 Å². The molecule has 0 amide bonds. The molecular formula is C18H35N3S3. The van der Waals surface area contributed by atoms with Crippen LogP contribution in [0.3, 0.4) is 0 Å². The van der Waals surface area contributed by atoms with Gasteiger partial charge in [-0.3, -0.25) is 0 Å². The number of thiol groups is 1. The molecule has 3 aliphatic heterocycles. The molecule has 3 heterocycles. The maximum atomic E-state index is 4.46. The summed E-state index contributed by atoms with van der Waals surface area (Å²) in [6, 6.07) is 2.13. The van der Waals surface area contributed by atoms with Crippen LogP contribution >= 0.6 is 36.2 Å². The van der Waals surface area contributed by atoms with Gasteiger partial charge < -0.3 is 16.0 Å². The van der Waals surface area contributed by atoms with E-state index in [1.165, 1.54) is 76.1 Å². The van der Waals surface area contributed by atoms with Crippen LogP contribution in [0.25, 0.3) is 0 Å². The van der Waals surface area contributed by atoms with E-state index in [0.29, 0.717) is 6.04 Å². The molecule has 0 radical (unpaired) electrons. The van der Waals surface area contributed by atoms with Gasteiger partial charge in [-0.2, -0.15) is 36.2 Å². The molecule has 0 saturated carbocycles. The summed E-state index contributed by atoms with van der Waals surface area (Å²) in [6.07, 6.45) is 9.53. The first-order valence-corrected chi connectivity index (χ1v) is 12.6. The Balaban J connectivity index is 1.33. The lowest BCUT2D eigenvalue weighted by Crippen LogP contribution is -2.43. The van der Waals surface area contributed by atoms with Gasteiger partial charge in [0.05, 0.1) is 0 Å². The second kappa shape index (κ2) is 10.9. The molecule has 3 unspecified atom stereocenters. The Morgan fingerprint density at radius 1 is 0.708 bits per heavy atom. The van der Waals surface area contributed by atoms with Crippen LogP contribution < -0.4 is 16.0 Å². The number of thioether (sulfide) groups is 2. The molecule has 6 heteroatoms. The molecule has 0 aromatic rings. The molecule has 3 rings (SSSR count). The molecule has 24 heavy (non-hydrogen) atoms. The summed E-state index contributed by atoms with van der Waals surface area (Å²) < 4.78 is 0. The van der Waals surface area contributed by atoms with Crippen molar-refractivity contribution in [2.45, 2.75) is 73.6 Å². The number of nitrogens with one attached hydrogen (secondary N) is 3. The molecule has 3 aliphatic rings. The van der Waals surface area contributed by atoms with E-state index < -0.39 is 0 Å². The van der Waals surface area contributed by atoms with Crippen molar-refractivity contribution in [3.05, 3.63) is 0 Å². The molecule has 0 aromatic heterocycles. The average Bonchev–Trinajstić information content (AvgIpc) is 2.66. The van der Waals surface area contributed by atoms with E-state index in [1.807, 2.05) is 0 Å². The van der Waals surface area contributed by atoms with E-state index in [0.717, 1.165) is 28.3 Å². The molecule has 3 nitrogen and oxygen atoms in total. The van der Waals surface area contributed by atoms with Gasteiger partial charge in [0, 0.05) is 45.9 Å². The Labute approximate surface area is 162 Å².